The first-order valence-electron chi connectivity index (χ1n) is 12.4. The van der Waals surface area contributed by atoms with E-state index in [4.69, 9.17) is 11.6 Å². The van der Waals surface area contributed by atoms with Crippen LogP contribution in [0.2, 0.25) is 5.02 Å². The number of hydrogen-bond acceptors (Lipinski definition) is 6. The van der Waals surface area contributed by atoms with Crippen LogP contribution in [0.3, 0.4) is 0 Å². The topological polar surface area (TPSA) is 97.4 Å². The first-order valence-corrected chi connectivity index (χ1v) is 12.7. The maximum atomic E-state index is 15.7. The lowest BCUT2D eigenvalue weighted by atomic mass is 9.74. The van der Waals surface area contributed by atoms with Crippen LogP contribution in [0, 0.1) is 24.0 Å². The number of carboxylic acid groups (broad SMARTS) is 1. The number of benzene rings is 1. The molecule has 2 saturated heterocycles. The zero-order valence-electron chi connectivity index (χ0n) is 20.5. The molecule has 0 bridgehead atoms. The van der Waals surface area contributed by atoms with Crippen molar-refractivity contribution < 1.29 is 18.7 Å². The van der Waals surface area contributed by atoms with Crippen LogP contribution < -0.4 is 10.2 Å². The fourth-order valence-electron chi connectivity index (χ4n) is 4.99. The molecule has 3 aromatic rings. The van der Waals surface area contributed by atoms with E-state index in [1.165, 1.54) is 6.07 Å². The fraction of sp³-hybridized carbons (Fsp3) is 0.423. The van der Waals surface area contributed by atoms with Gasteiger partial charge in [-0.1, -0.05) is 23.7 Å². The Morgan fingerprint density at radius 2 is 1.92 bits per heavy atom. The molecule has 0 radical (unpaired) electrons. The molecule has 4 heterocycles. The monoisotopic (exact) mass is 530 g/mol. The van der Waals surface area contributed by atoms with Gasteiger partial charge in [0.1, 0.15) is 11.6 Å². The molecule has 5 rings (SSSR count). The first-order chi connectivity index (χ1) is 17.7. The molecule has 11 heteroatoms. The largest absolute Gasteiger partial charge is 0.481 e. The first kappa shape index (κ1) is 25.4. The van der Waals surface area contributed by atoms with Gasteiger partial charge in [-0.05, 0) is 45.3 Å². The molecular weight excluding hydrogens is 502 g/mol. The summed E-state index contributed by atoms with van der Waals surface area (Å²) in [6.45, 7) is 4.54. The van der Waals surface area contributed by atoms with Crippen LogP contribution in [0.25, 0.3) is 0 Å². The minimum absolute atomic E-state index is 0.0382. The predicted octanol–water partition coefficient (Wildman–Crippen LogP) is 4.91. The zero-order valence-corrected chi connectivity index (χ0v) is 21.3. The van der Waals surface area contributed by atoms with Crippen molar-refractivity contribution in [2.24, 2.45) is 5.41 Å². The molecule has 8 nitrogen and oxygen atoms in total. The number of H-pyrrole nitrogens is 1. The molecule has 0 saturated carbocycles. The summed E-state index contributed by atoms with van der Waals surface area (Å²) in [5.74, 6) is -0.951. The molecular formula is C26H29ClF2N6O2. The van der Waals surface area contributed by atoms with Crippen LogP contribution in [0.4, 0.5) is 26.1 Å². The molecule has 0 spiro atoms. The van der Waals surface area contributed by atoms with Gasteiger partial charge < -0.3 is 15.3 Å². The van der Waals surface area contributed by atoms with Crippen molar-refractivity contribution in [3.05, 3.63) is 63.9 Å². The van der Waals surface area contributed by atoms with E-state index in [0.717, 1.165) is 25.2 Å². The number of rotatable bonds is 8. The number of pyridine rings is 1. The van der Waals surface area contributed by atoms with Crippen molar-refractivity contribution in [3.63, 3.8) is 0 Å². The highest BCUT2D eigenvalue weighted by atomic mass is 35.5. The Morgan fingerprint density at radius 3 is 2.54 bits per heavy atom. The zero-order chi connectivity index (χ0) is 26.2. The van der Waals surface area contributed by atoms with E-state index in [0.29, 0.717) is 55.4 Å². The SMILES string of the molecule is Cc1cc(Nc2cc(N3CCC3)c(F)c(CC3(C(=O)O)CCN(Cc4cccc(Cl)c4F)CC3)n2)n[nH]1. The van der Waals surface area contributed by atoms with Crippen LogP contribution in [-0.4, -0.2) is 57.3 Å². The third-order valence-corrected chi connectivity index (χ3v) is 7.66. The van der Waals surface area contributed by atoms with Gasteiger partial charge in [0.15, 0.2) is 11.6 Å². The number of halogens is 3. The van der Waals surface area contributed by atoms with Crippen LogP contribution in [0.5, 0.6) is 0 Å². The van der Waals surface area contributed by atoms with Crippen LogP contribution in [0.15, 0.2) is 30.3 Å². The highest BCUT2D eigenvalue weighted by molar-refractivity contribution is 6.30. The molecule has 2 aliphatic rings. The molecule has 37 heavy (non-hydrogen) atoms. The number of nitrogens with zero attached hydrogens (tertiary/aromatic N) is 4. The minimum Gasteiger partial charge on any atom is -0.481 e. The average Bonchev–Trinajstić information content (AvgIpc) is 3.24. The highest BCUT2D eigenvalue weighted by Gasteiger charge is 2.43. The van der Waals surface area contributed by atoms with Crippen LogP contribution in [-0.2, 0) is 17.8 Å². The van der Waals surface area contributed by atoms with Gasteiger partial charge in [0.25, 0.3) is 0 Å². The van der Waals surface area contributed by atoms with E-state index >= 15 is 4.39 Å². The lowest BCUT2D eigenvalue weighted by molar-refractivity contribution is -0.152. The standard InChI is InChI=1S/C26H29ClF2N6O2/c1-16-12-22(33-32-16)31-21-13-20(35-8-3-9-35)24(29)19(30-21)14-26(25(36)37)6-10-34(11-7-26)15-17-4-2-5-18(27)23(17)28/h2,4-5,12-13H,3,6-11,14-15H2,1H3,(H,36,37)(H2,30,31,32,33). The van der Waals surface area contributed by atoms with Gasteiger partial charge in [0.2, 0.25) is 0 Å². The summed E-state index contributed by atoms with van der Waals surface area (Å²) in [6, 6.07) is 8.33. The molecule has 2 aliphatic heterocycles. The molecule has 0 aliphatic carbocycles. The van der Waals surface area contributed by atoms with E-state index in [9.17, 15) is 14.3 Å². The van der Waals surface area contributed by atoms with Crippen LogP contribution in [0.1, 0.15) is 36.2 Å². The number of carbonyl (C=O) groups is 1. The number of likely N-dealkylation sites (tertiary alicyclic amines) is 1. The predicted molar refractivity (Wildman–Crippen MR) is 137 cm³/mol. The Balaban J connectivity index is 1.37. The summed E-state index contributed by atoms with van der Waals surface area (Å²) in [6.07, 6.45) is 1.52. The number of carboxylic acids is 1. The smallest absolute Gasteiger partial charge is 0.310 e. The number of anilines is 3. The Morgan fingerprint density at radius 1 is 1.16 bits per heavy atom. The third-order valence-electron chi connectivity index (χ3n) is 7.36. The normalized spacial score (nSPS) is 17.5. The summed E-state index contributed by atoms with van der Waals surface area (Å²) < 4.78 is 30.1. The summed E-state index contributed by atoms with van der Waals surface area (Å²) in [5.41, 5.74) is 0.693. The maximum absolute atomic E-state index is 15.7. The quantitative estimate of drug-likeness (QED) is 0.381. The van der Waals surface area contributed by atoms with Gasteiger partial charge >= 0.3 is 5.97 Å². The number of aromatic amines is 1. The van der Waals surface area contributed by atoms with E-state index in [1.54, 1.807) is 18.2 Å². The second kappa shape index (κ2) is 10.3. The summed E-state index contributed by atoms with van der Waals surface area (Å²) in [4.78, 5) is 21.0. The van der Waals surface area contributed by atoms with Crippen molar-refractivity contribution in [2.45, 2.75) is 39.2 Å². The Labute approximate surface area is 218 Å². The van der Waals surface area contributed by atoms with Gasteiger partial charge in [0.05, 0.1) is 21.8 Å². The Bertz CT molecular complexity index is 1300. The Hall–Kier alpha value is -3.24. The number of piperidine rings is 1. The van der Waals surface area contributed by atoms with Crippen molar-refractivity contribution in [2.75, 3.05) is 36.4 Å². The summed E-state index contributed by atoms with van der Waals surface area (Å²) in [7, 11) is 0. The van der Waals surface area contributed by atoms with Gasteiger partial charge in [-0.2, -0.15) is 5.10 Å². The lowest BCUT2D eigenvalue weighted by Gasteiger charge is -2.39. The molecule has 0 amide bonds. The van der Waals surface area contributed by atoms with Gasteiger partial charge in [-0.15, -0.1) is 0 Å². The fourth-order valence-corrected chi connectivity index (χ4v) is 5.18. The number of nitrogens with one attached hydrogen (secondary N) is 2. The number of aryl methyl sites for hydroxylation is 1. The molecule has 2 aromatic heterocycles. The third kappa shape index (κ3) is 5.26. The second-order valence-corrected chi connectivity index (χ2v) is 10.3. The molecule has 1 aromatic carbocycles. The van der Waals surface area contributed by atoms with Gasteiger partial charge in [-0.25, -0.2) is 13.8 Å². The number of aromatic nitrogens is 3. The average molecular weight is 531 g/mol. The number of hydrogen-bond donors (Lipinski definition) is 3. The van der Waals surface area contributed by atoms with Crippen molar-refractivity contribution in [1.29, 1.82) is 0 Å². The van der Waals surface area contributed by atoms with Crippen molar-refractivity contribution >= 4 is 34.9 Å². The van der Waals surface area contributed by atoms with Crippen molar-refractivity contribution in [1.82, 2.24) is 20.1 Å². The molecule has 0 atom stereocenters. The van der Waals surface area contributed by atoms with Crippen LogP contribution >= 0.6 is 11.6 Å². The van der Waals surface area contributed by atoms with Gasteiger partial charge in [-0.3, -0.25) is 14.8 Å². The van der Waals surface area contributed by atoms with Gasteiger partial charge in [0, 0.05) is 49.4 Å². The van der Waals surface area contributed by atoms with E-state index in [1.807, 2.05) is 22.8 Å². The summed E-state index contributed by atoms with van der Waals surface area (Å²) in [5, 5.41) is 20.4. The van der Waals surface area contributed by atoms with E-state index in [2.05, 4.69) is 20.5 Å². The molecule has 3 N–H and O–H groups in total. The lowest BCUT2D eigenvalue weighted by Crippen LogP contribution is -2.45. The van der Waals surface area contributed by atoms with Crippen molar-refractivity contribution in [3.8, 4) is 0 Å². The Kier molecular flexibility index (Phi) is 7.04. The van der Waals surface area contributed by atoms with E-state index in [-0.39, 0.29) is 17.1 Å². The number of aliphatic carboxylic acids is 1. The maximum Gasteiger partial charge on any atom is 0.310 e. The molecule has 2 fully saturated rings. The summed E-state index contributed by atoms with van der Waals surface area (Å²) >= 11 is 5.91. The highest BCUT2D eigenvalue weighted by Crippen LogP contribution is 2.39. The molecule has 0 unspecified atom stereocenters. The van der Waals surface area contributed by atoms with E-state index < -0.39 is 23.0 Å². The molecule has 196 valence electrons. The minimum atomic E-state index is -1.18. The second-order valence-electron chi connectivity index (χ2n) is 9.94.